The highest BCUT2D eigenvalue weighted by molar-refractivity contribution is 5.83. The first-order valence-corrected chi connectivity index (χ1v) is 5.93. The van der Waals surface area contributed by atoms with Gasteiger partial charge in [0.2, 0.25) is 5.91 Å². The zero-order chi connectivity index (χ0) is 12.8. The molecule has 17 heavy (non-hydrogen) atoms. The van der Waals surface area contributed by atoms with Crippen LogP contribution < -0.4 is 5.43 Å². The van der Waals surface area contributed by atoms with Crippen molar-refractivity contribution in [1.29, 1.82) is 0 Å². The van der Waals surface area contributed by atoms with Gasteiger partial charge in [0.05, 0.1) is 6.21 Å². The second-order valence-electron chi connectivity index (χ2n) is 4.71. The second-order valence-corrected chi connectivity index (χ2v) is 4.71. The van der Waals surface area contributed by atoms with Crippen molar-refractivity contribution in [2.45, 2.75) is 33.6 Å². The lowest BCUT2D eigenvalue weighted by Gasteiger charge is -2.04. The maximum absolute atomic E-state index is 11.3. The third kappa shape index (κ3) is 4.39. The first-order valence-electron chi connectivity index (χ1n) is 5.93. The molecule has 1 rings (SSSR count). The molecule has 0 aliphatic heterocycles. The average molecular weight is 232 g/mol. The maximum Gasteiger partial charge on any atom is 0.242 e. The predicted octanol–water partition coefficient (Wildman–Crippen LogP) is 2.92. The maximum atomic E-state index is 11.3. The Morgan fingerprint density at radius 3 is 2.24 bits per heavy atom. The third-order valence-corrected chi connectivity index (χ3v) is 2.52. The molecule has 0 spiro atoms. The molecule has 0 aliphatic rings. The summed E-state index contributed by atoms with van der Waals surface area (Å²) in [5.41, 5.74) is 4.78. The van der Waals surface area contributed by atoms with Gasteiger partial charge in [-0.25, -0.2) is 5.43 Å². The summed E-state index contributed by atoms with van der Waals surface area (Å²) >= 11 is 0. The van der Waals surface area contributed by atoms with E-state index in [0.717, 1.165) is 5.56 Å². The Bertz CT molecular complexity index is 391. The van der Waals surface area contributed by atoms with Crippen molar-refractivity contribution >= 4 is 12.1 Å². The Hall–Kier alpha value is -1.64. The fourth-order valence-corrected chi connectivity index (χ4v) is 1.27. The van der Waals surface area contributed by atoms with Crippen LogP contribution in [0.2, 0.25) is 0 Å². The Morgan fingerprint density at radius 2 is 1.76 bits per heavy atom. The minimum atomic E-state index is -0.0694. The lowest BCUT2D eigenvalue weighted by Crippen LogP contribution is -2.22. The SMILES string of the molecule is CC(C)C(=O)N/N=C/c1ccc(C(C)C)cc1. The molecular weight excluding hydrogens is 212 g/mol. The van der Waals surface area contributed by atoms with Crippen molar-refractivity contribution < 1.29 is 4.79 Å². The summed E-state index contributed by atoms with van der Waals surface area (Å²) in [4.78, 5) is 11.3. The van der Waals surface area contributed by atoms with Gasteiger partial charge in [0.1, 0.15) is 0 Å². The topological polar surface area (TPSA) is 41.5 Å². The number of hydrogen-bond acceptors (Lipinski definition) is 2. The van der Waals surface area contributed by atoms with Gasteiger partial charge in [-0.05, 0) is 17.0 Å². The molecule has 1 aromatic carbocycles. The Labute approximate surface area is 103 Å². The first kappa shape index (κ1) is 13.4. The van der Waals surface area contributed by atoms with Gasteiger partial charge in [-0.1, -0.05) is 52.0 Å². The van der Waals surface area contributed by atoms with E-state index < -0.39 is 0 Å². The van der Waals surface area contributed by atoms with E-state index in [0.29, 0.717) is 5.92 Å². The zero-order valence-electron chi connectivity index (χ0n) is 10.9. The van der Waals surface area contributed by atoms with Crippen LogP contribution in [0.25, 0.3) is 0 Å². The molecule has 0 saturated heterocycles. The molecule has 1 aromatic rings. The molecule has 0 aromatic heterocycles. The highest BCUT2D eigenvalue weighted by Crippen LogP contribution is 2.13. The van der Waals surface area contributed by atoms with Gasteiger partial charge in [0.25, 0.3) is 0 Å². The van der Waals surface area contributed by atoms with Gasteiger partial charge in [-0.15, -0.1) is 0 Å². The highest BCUT2D eigenvalue weighted by atomic mass is 16.2. The van der Waals surface area contributed by atoms with Gasteiger partial charge >= 0.3 is 0 Å². The summed E-state index contributed by atoms with van der Waals surface area (Å²) in [6, 6.07) is 8.16. The number of hydrogen-bond donors (Lipinski definition) is 1. The molecular formula is C14H20N2O. The van der Waals surface area contributed by atoms with Gasteiger partial charge in [-0.3, -0.25) is 4.79 Å². The average Bonchev–Trinajstić information content (AvgIpc) is 2.29. The van der Waals surface area contributed by atoms with E-state index in [4.69, 9.17) is 0 Å². The third-order valence-electron chi connectivity index (χ3n) is 2.52. The van der Waals surface area contributed by atoms with E-state index in [1.54, 1.807) is 6.21 Å². The van der Waals surface area contributed by atoms with Gasteiger partial charge in [0.15, 0.2) is 0 Å². The van der Waals surface area contributed by atoms with Crippen LogP contribution in [-0.4, -0.2) is 12.1 Å². The summed E-state index contributed by atoms with van der Waals surface area (Å²) in [6.07, 6.45) is 1.66. The number of amides is 1. The minimum absolute atomic E-state index is 0.0459. The van der Waals surface area contributed by atoms with E-state index in [1.165, 1.54) is 5.56 Å². The fourth-order valence-electron chi connectivity index (χ4n) is 1.27. The smallest absolute Gasteiger partial charge is 0.242 e. The summed E-state index contributed by atoms with van der Waals surface area (Å²) in [6.45, 7) is 7.99. The number of hydrazone groups is 1. The highest BCUT2D eigenvalue weighted by Gasteiger charge is 2.03. The fraction of sp³-hybridized carbons (Fsp3) is 0.429. The molecule has 0 fully saturated rings. The van der Waals surface area contributed by atoms with Crippen molar-refractivity contribution in [3.63, 3.8) is 0 Å². The van der Waals surface area contributed by atoms with Crippen molar-refractivity contribution in [3.05, 3.63) is 35.4 Å². The van der Waals surface area contributed by atoms with Crippen LogP contribution >= 0.6 is 0 Å². The van der Waals surface area contributed by atoms with Crippen LogP contribution in [0.1, 0.15) is 44.7 Å². The molecule has 0 heterocycles. The minimum Gasteiger partial charge on any atom is -0.273 e. The monoisotopic (exact) mass is 232 g/mol. The number of carbonyl (C=O) groups is 1. The Balaban J connectivity index is 2.57. The number of benzene rings is 1. The number of carbonyl (C=O) groups excluding carboxylic acids is 1. The standard InChI is InChI=1S/C14H20N2O/c1-10(2)13-7-5-12(6-8-13)9-15-16-14(17)11(3)4/h5-11H,1-4H3,(H,16,17)/b15-9+. The van der Waals surface area contributed by atoms with E-state index in [2.05, 4.69) is 36.5 Å². The van der Waals surface area contributed by atoms with E-state index in [9.17, 15) is 4.79 Å². The normalized spacial score (nSPS) is 11.4. The summed E-state index contributed by atoms with van der Waals surface area (Å²) < 4.78 is 0. The van der Waals surface area contributed by atoms with Crippen LogP contribution in [0.3, 0.4) is 0 Å². The molecule has 3 nitrogen and oxygen atoms in total. The molecule has 0 aliphatic carbocycles. The molecule has 0 unspecified atom stereocenters. The quantitative estimate of drug-likeness (QED) is 0.629. The molecule has 1 N–H and O–H groups in total. The number of nitrogens with one attached hydrogen (secondary N) is 1. The van der Waals surface area contributed by atoms with Gasteiger partial charge in [-0.2, -0.15) is 5.10 Å². The van der Waals surface area contributed by atoms with Crippen LogP contribution in [0.15, 0.2) is 29.4 Å². The van der Waals surface area contributed by atoms with Crippen LogP contribution in [0.4, 0.5) is 0 Å². The molecule has 0 saturated carbocycles. The van der Waals surface area contributed by atoms with Gasteiger partial charge in [0, 0.05) is 5.92 Å². The molecule has 92 valence electrons. The number of rotatable bonds is 4. The van der Waals surface area contributed by atoms with E-state index >= 15 is 0 Å². The Kier molecular flexibility index (Phi) is 4.88. The molecule has 1 amide bonds. The number of nitrogens with zero attached hydrogens (tertiary/aromatic N) is 1. The largest absolute Gasteiger partial charge is 0.273 e. The Morgan fingerprint density at radius 1 is 1.18 bits per heavy atom. The second kappa shape index (κ2) is 6.18. The molecule has 0 radical (unpaired) electrons. The van der Waals surface area contributed by atoms with Crippen LogP contribution in [0, 0.1) is 5.92 Å². The molecule has 0 bridgehead atoms. The van der Waals surface area contributed by atoms with E-state index in [-0.39, 0.29) is 11.8 Å². The van der Waals surface area contributed by atoms with Crippen LogP contribution in [-0.2, 0) is 4.79 Å². The van der Waals surface area contributed by atoms with Crippen LogP contribution in [0.5, 0.6) is 0 Å². The van der Waals surface area contributed by atoms with Crippen molar-refractivity contribution in [3.8, 4) is 0 Å². The van der Waals surface area contributed by atoms with Crippen molar-refractivity contribution in [2.24, 2.45) is 11.0 Å². The summed E-state index contributed by atoms with van der Waals surface area (Å²) in [7, 11) is 0. The molecule has 0 atom stereocenters. The summed E-state index contributed by atoms with van der Waals surface area (Å²) in [5.74, 6) is 0.414. The van der Waals surface area contributed by atoms with E-state index in [1.807, 2.05) is 26.0 Å². The lowest BCUT2D eigenvalue weighted by atomic mass is 10.0. The van der Waals surface area contributed by atoms with Gasteiger partial charge < -0.3 is 0 Å². The molecule has 3 heteroatoms. The first-order chi connectivity index (χ1) is 8.00. The van der Waals surface area contributed by atoms with Crippen molar-refractivity contribution in [2.75, 3.05) is 0 Å². The predicted molar refractivity (Wildman–Crippen MR) is 71.1 cm³/mol. The zero-order valence-corrected chi connectivity index (χ0v) is 10.9. The lowest BCUT2D eigenvalue weighted by molar-refractivity contribution is -0.123. The summed E-state index contributed by atoms with van der Waals surface area (Å²) in [5, 5.41) is 3.91. The van der Waals surface area contributed by atoms with Crippen molar-refractivity contribution in [1.82, 2.24) is 5.43 Å².